The van der Waals surface area contributed by atoms with Crippen molar-refractivity contribution in [1.82, 2.24) is 4.98 Å². The molecule has 1 aliphatic rings. The molecule has 0 bridgehead atoms. The van der Waals surface area contributed by atoms with Gasteiger partial charge in [-0.05, 0) is 52.7 Å². The van der Waals surface area contributed by atoms with Crippen molar-refractivity contribution in [3.05, 3.63) is 58.8 Å². The van der Waals surface area contributed by atoms with Gasteiger partial charge in [-0.1, -0.05) is 12.1 Å². The highest BCUT2D eigenvalue weighted by Crippen LogP contribution is 2.39. The predicted molar refractivity (Wildman–Crippen MR) is 84.7 cm³/mol. The molecule has 2 aromatic rings. The number of rotatable bonds is 2. The number of guanidine groups is 1. The molecule has 1 aromatic carbocycles. The number of anilines is 1. The smallest absolute Gasteiger partial charge is 0.196 e. The van der Waals surface area contributed by atoms with E-state index in [0.717, 1.165) is 15.7 Å². The van der Waals surface area contributed by atoms with Crippen LogP contribution in [0.2, 0.25) is 0 Å². The van der Waals surface area contributed by atoms with Crippen molar-refractivity contribution in [3.63, 3.8) is 0 Å². The second-order valence-electron chi connectivity index (χ2n) is 4.97. The number of aromatic nitrogens is 1. The second-order valence-corrected chi connectivity index (χ2v) is 5.83. The zero-order valence-corrected chi connectivity index (χ0v) is 12.7. The highest BCUT2D eigenvalue weighted by atomic mass is 79.9. The van der Waals surface area contributed by atoms with E-state index in [1.165, 1.54) is 0 Å². The molecule has 20 heavy (non-hydrogen) atoms. The van der Waals surface area contributed by atoms with Crippen LogP contribution in [0.25, 0.3) is 0 Å². The van der Waals surface area contributed by atoms with Crippen molar-refractivity contribution >= 4 is 27.6 Å². The Hall–Kier alpha value is -1.88. The molecule has 4 nitrogen and oxygen atoms in total. The van der Waals surface area contributed by atoms with Crippen LogP contribution < -0.4 is 10.6 Å². The lowest BCUT2D eigenvalue weighted by atomic mass is 9.91. The molecule has 1 aromatic heterocycles. The molecule has 1 unspecified atom stereocenters. The second kappa shape index (κ2) is 4.90. The summed E-state index contributed by atoms with van der Waals surface area (Å²) in [4.78, 5) is 10.6. The molecule has 102 valence electrons. The molecule has 0 spiro atoms. The van der Waals surface area contributed by atoms with Gasteiger partial charge in [-0.2, -0.15) is 0 Å². The van der Waals surface area contributed by atoms with E-state index >= 15 is 0 Å². The van der Waals surface area contributed by atoms with E-state index in [4.69, 9.17) is 5.73 Å². The van der Waals surface area contributed by atoms with Gasteiger partial charge in [0.15, 0.2) is 5.96 Å². The molecule has 3 rings (SSSR count). The van der Waals surface area contributed by atoms with Crippen molar-refractivity contribution in [2.75, 3.05) is 11.4 Å². The molecular formula is C15H15BrN4. The Morgan fingerprint density at radius 3 is 2.60 bits per heavy atom. The van der Waals surface area contributed by atoms with Crippen LogP contribution in [0.5, 0.6) is 0 Å². The summed E-state index contributed by atoms with van der Waals surface area (Å²) in [6.45, 7) is 2.77. The maximum atomic E-state index is 6.13. The lowest BCUT2D eigenvalue weighted by molar-refractivity contribution is 0.531. The van der Waals surface area contributed by atoms with Crippen LogP contribution >= 0.6 is 15.9 Å². The summed E-state index contributed by atoms with van der Waals surface area (Å²) >= 11 is 3.59. The zero-order valence-electron chi connectivity index (χ0n) is 11.1. The molecule has 0 amide bonds. The summed E-state index contributed by atoms with van der Waals surface area (Å²) in [7, 11) is 0. The number of nitrogens with two attached hydrogens (primary N) is 1. The summed E-state index contributed by atoms with van der Waals surface area (Å²) in [5.74, 6) is 0.538. The first-order chi connectivity index (χ1) is 9.63. The SMILES string of the molecule is CC1(c2ccncc2)CN=C(N)N1c1ccccc1Br. The minimum Gasteiger partial charge on any atom is -0.369 e. The van der Waals surface area contributed by atoms with E-state index in [9.17, 15) is 0 Å². The number of pyridine rings is 1. The monoisotopic (exact) mass is 330 g/mol. The number of benzene rings is 1. The van der Waals surface area contributed by atoms with E-state index in [2.05, 4.69) is 37.7 Å². The fourth-order valence-electron chi connectivity index (χ4n) is 2.58. The summed E-state index contributed by atoms with van der Waals surface area (Å²) < 4.78 is 1.00. The standard InChI is InChI=1S/C15H15BrN4/c1-15(11-6-8-18-9-7-11)10-19-14(17)20(15)13-5-3-2-4-12(13)16/h2-9H,10H2,1H3,(H2,17,19). The number of aliphatic imine (C=N–C) groups is 1. The van der Waals surface area contributed by atoms with Gasteiger partial charge in [0.1, 0.15) is 0 Å². The lowest BCUT2D eigenvalue weighted by Gasteiger charge is -2.37. The summed E-state index contributed by atoms with van der Waals surface area (Å²) in [5, 5.41) is 0. The van der Waals surface area contributed by atoms with E-state index in [0.29, 0.717) is 12.5 Å². The molecule has 1 aliphatic heterocycles. The van der Waals surface area contributed by atoms with Crippen molar-refractivity contribution < 1.29 is 0 Å². The van der Waals surface area contributed by atoms with Gasteiger partial charge in [0, 0.05) is 16.9 Å². The number of hydrogen-bond acceptors (Lipinski definition) is 4. The quantitative estimate of drug-likeness (QED) is 0.921. The van der Waals surface area contributed by atoms with Gasteiger partial charge >= 0.3 is 0 Å². The van der Waals surface area contributed by atoms with Gasteiger partial charge < -0.3 is 5.73 Å². The Labute approximate surface area is 126 Å². The minimum atomic E-state index is -0.295. The number of para-hydroxylation sites is 1. The van der Waals surface area contributed by atoms with Crippen LogP contribution in [0, 0.1) is 0 Å². The first-order valence-electron chi connectivity index (χ1n) is 6.38. The van der Waals surface area contributed by atoms with Crippen molar-refractivity contribution in [3.8, 4) is 0 Å². The molecule has 5 heteroatoms. The predicted octanol–water partition coefficient (Wildman–Crippen LogP) is 2.89. The molecule has 2 heterocycles. The molecule has 0 saturated heterocycles. The lowest BCUT2D eigenvalue weighted by Crippen LogP contribution is -2.47. The molecule has 0 aliphatic carbocycles. The van der Waals surface area contributed by atoms with Crippen LogP contribution in [0.4, 0.5) is 5.69 Å². The fraction of sp³-hybridized carbons (Fsp3) is 0.200. The number of hydrogen-bond donors (Lipinski definition) is 1. The van der Waals surface area contributed by atoms with Gasteiger partial charge in [0.05, 0.1) is 17.8 Å². The average molecular weight is 331 g/mol. The van der Waals surface area contributed by atoms with Gasteiger partial charge in [0.25, 0.3) is 0 Å². The van der Waals surface area contributed by atoms with E-state index in [-0.39, 0.29) is 5.54 Å². The molecule has 0 saturated carbocycles. The van der Waals surface area contributed by atoms with Crippen LogP contribution in [0.15, 0.2) is 58.3 Å². The van der Waals surface area contributed by atoms with Gasteiger partial charge in [-0.25, -0.2) is 0 Å². The fourth-order valence-corrected chi connectivity index (χ4v) is 3.04. The van der Waals surface area contributed by atoms with Crippen LogP contribution in [0.3, 0.4) is 0 Å². The Morgan fingerprint density at radius 1 is 1.20 bits per heavy atom. The average Bonchev–Trinajstić information content (AvgIpc) is 2.78. The van der Waals surface area contributed by atoms with Crippen LogP contribution in [-0.2, 0) is 5.54 Å². The van der Waals surface area contributed by atoms with E-state index in [1.54, 1.807) is 12.4 Å². The molecule has 0 radical (unpaired) electrons. The molecule has 1 atom stereocenters. The largest absolute Gasteiger partial charge is 0.369 e. The van der Waals surface area contributed by atoms with Gasteiger partial charge in [0.2, 0.25) is 0 Å². The van der Waals surface area contributed by atoms with E-state index < -0.39 is 0 Å². The zero-order chi connectivity index (χ0) is 14.2. The Kier molecular flexibility index (Phi) is 3.22. The maximum Gasteiger partial charge on any atom is 0.196 e. The van der Waals surface area contributed by atoms with Crippen molar-refractivity contribution in [1.29, 1.82) is 0 Å². The van der Waals surface area contributed by atoms with Gasteiger partial charge in [-0.3, -0.25) is 14.9 Å². The number of halogens is 1. The van der Waals surface area contributed by atoms with Crippen molar-refractivity contribution in [2.24, 2.45) is 10.7 Å². The van der Waals surface area contributed by atoms with Gasteiger partial charge in [-0.15, -0.1) is 0 Å². The first-order valence-corrected chi connectivity index (χ1v) is 7.17. The molecule has 0 fully saturated rings. The Morgan fingerprint density at radius 2 is 1.90 bits per heavy atom. The topological polar surface area (TPSA) is 54.5 Å². The Bertz CT molecular complexity index is 656. The third-order valence-electron chi connectivity index (χ3n) is 3.67. The third-order valence-corrected chi connectivity index (χ3v) is 4.34. The maximum absolute atomic E-state index is 6.13. The van der Waals surface area contributed by atoms with Crippen molar-refractivity contribution in [2.45, 2.75) is 12.5 Å². The Balaban J connectivity index is 2.12. The summed E-state index contributed by atoms with van der Waals surface area (Å²) in [5.41, 5.74) is 8.00. The van der Waals surface area contributed by atoms with Crippen LogP contribution in [0.1, 0.15) is 12.5 Å². The minimum absolute atomic E-state index is 0.295. The third kappa shape index (κ3) is 1.98. The van der Waals surface area contributed by atoms with Crippen LogP contribution in [-0.4, -0.2) is 17.5 Å². The highest BCUT2D eigenvalue weighted by Gasteiger charge is 2.41. The summed E-state index contributed by atoms with van der Waals surface area (Å²) in [6.07, 6.45) is 3.60. The first kappa shape index (κ1) is 13.1. The highest BCUT2D eigenvalue weighted by molar-refractivity contribution is 9.10. The normalized spacial score (nSPS) is 21.9. The van der Waals surface area contributed by atoms with E-state index in [1.807, 2.05) is 36.4 Å². The summed E-state index contributed by atoms with van der Waals surface area (Å²) in [6, 6.07) is 12.1. The number of nitrogens with zero attached hydrogens (tertiary/aromatic N) is 3. The molecule has 2 N–H and O–H groups in total. The molecular weight excluding hydrogens is 316 g/mol.